The first-order chi connectivity index (χ1) is 9.52. The molecule has 2 saturated heterocycles. The number of esters is 1. The smallest absolute Gasteiger partial charge is 0.320 e. The normalized spacial score (nSPS) is 33.7. The minimum atomic E-state index is -0.745. The highest BCUT2D eigenvalue weighted by Gasteiger charge is 2.51. The summed E-state index contributed by atoms with van der Waals surface area (Å²) in [6.45, 7) is 5.38. The van der Waals surface area contributed by atoms with Crippen molar-refractivity contribution in [2.45, 2.75) is 44.7 Å². The van der Waals surface area contributed by atoms with Gasteiger partial charge < -0.3 is 14.6 Å². The van der Waals surface area contributed by atoms with Crippen LogP contribution in [0.1, 0.15) is 33.1 Å². The zero-order valence-corrected chi connectivity index (χ0v) is 12.1. The van der Waals surface area contributed by atoms with Crippen LogP contribution < -0.4 is 0 Å². The topological polar surface area (TPSA) is 76.1 Å². The van der Waals surface area contributed by atoms with E-state index < -0.39 is 5.97 Å². The van der Waals surface area contributed by atoms with Crippen molar-refractivity contribution in [1.29, 1.82) is 0 Å². The van der Waals surface area contributed by atoms with Gasteiger partial charge in [-0.15, -0.1) is 0 Å². The number of fused-ring (bicyclic) bond motifs is 2. The van der Waals surface area contributed by atoms with Crippen LogP contribution in [0.4, 0.5) is 0 Å². The third kappa shape index (κ3) is 2.81. The van der Waals surface area contributed by atoms with Crippen molar-refractivity contribution in [2.75, 3.05) is 26.4 Å². The summed E-state index contributed by atoms with van der Waals surface area (Å²) in [6, 6.07) is -0.0112. The van der Waals surface area contributed by atoms with Gasteiger partial charge in [-0.1, -0.05) is 6.92 Å². The first-order valence-electron chi connectivity index (χ1n) is 7.25. The number of piperidine rings is 1. The van der Waals surface area contributed by atoms with Gasteiger partial charge >= 0.3 is 11.9 Å². The molecule has 0 amide bonds. The molecule has 2 heterocycles. The number of carbonyl (C=O) groups excluding carboxylic acids is 1. The van der Waals surface area contributed by atoms with Crippen LogP contribution in [0.15, 0.2) is 0 Å². The zero-order chi connectivity index (χ0) is 14.8. The Labute approximate surface area is 119 Å². The molecule has 0 radical (unpaired) electrons. The quantitative estimate of drug-likeness (QED) is 0.756. The second-order valence-electron chi connectivity index (χ2n) is 5.65. The van der Waals surface area contributed by atoms with Crippen molar-refractivity contribution < 1.29 is 24.2 Å². The van der Waals surface area contributed by atoms with Crippen LogP contribution in [0.25, 0.3) is 0 Å². The first-order valence-corrected chi connectivity index (χ1v) is 7.25. The first kappa shape index (κ1) is 15.3. The number of hydrogen-bond donors (Lipinski definition) is 1. The Balaban J connectivity index is 2.18. The van der Waals surface area contributed by atoms with Crippen molar-refractivity contribution in [3.8, 4) is 0 Å². The van der Waals surface area contributed by atoms with E-state index in [4.69, 9.17) is 9.47 Å². The Hall–Kier alpha value is -1.14. The van der Waals surface area contributed by atoms with Crippen molar-refractivity contribution in [1.82, 2.24) is 4.90 Å². The van der Waals surface area contributed by atoms with Gasteiger partial charge in [0.2, 0.25) is 0 Å². The molecule has 20 heavy (non-hydrogen) atoms. The summed E-state index contributed by atoms with van der Waals surface area (Å²) in [4.78, 5) is 25.2. The summed E-state index contributed by atoms with van der Waals surface area (Å²) in [5.41, 5.74) is -0.350. The maximum absolute atomic E-state index is 11.8. The fourth-order valence-corrected chi connectivity index (χ4v) is 3.47. The molecular weight excluding hydrogens is 262 g/mol. The Bertz CT molecular complexity index is 386. The van der Waals surface area contributed by atoms with Crippen LogP contribution in [-0.2, 0) is 19.1 Å². The number of hydrogen-bond acceptors (Lipinski definition) is 5. The number of nitrogens with zero attached hydrogens (tertiary/aromatic N) is 1. The predicted molar refractivity (Wildman–Crippen MR) is 71.3 cm³/mol. The molecule has 3 unspecified atom stereocenters. The summed E-state index contributed by atoms with van der Waals surface area (Å²) in [5.74, 6) is -1.33. The van der Waals surface area contributed by atoms with E-state index in [9.17, 15) is 14.7 Å². The van der Waals surface area contributed by atoms with E-state index in [1.165, 1.54) is 0 Å². The molecule has 0 saturated carbocycles. The van der Waals surface area contributed by atoms with Gasteiger partial charge in [-0.3, -0.25) is 14.5 Å². The lowest BCUT2D eigenvalue weighted by Gasteiger charge is -2.55. The minimum absolute atomic E-state index is 0.0112. The molecule has 2 rings (SSSR count). The van der Waals surface area contributed by atoms with Crippen LogP contribution >= 0.6 is 0 Å². The molecule has 0 aromatic carbocycles. The van der Waals surface area contributed by atoms with Gasteiger partial charge in [-0.05, 0) is 26.2 Å². The third-order valence-corrected chi connectivity index (χ3v) is 4.53. The minimum Gasteiger partial charge on any atom is -0.481 e. The molecule has 0 aromatic heterocycles. The molecule has 2 aliphatic rings. The van der Waals surface area contributed by atoms with E-state index >= 15 is 0 Å². The molecule has 0 spiro atoms. The van der Waals surface area contributed by atoms with Gasteiger partial charge in [0, 0.05) is 11.6 Å². The number of rotatable bonds is 5. The Morgan fingerprint density at radius 2 is 2.20 bits per heavy atom. The molecular formula is C14H23NO5. The van der Waals surface area contributed by atoms with Crippen molar-refractivity contribution >= 4 is 11.9 Å². The highest BCUT2D eigenvalue weighted by atomic mass is 16.5. The van der Waals surface area contributed by atoms with Crippen LogP contribution in [-0.4, -0.2) is 59.9 Å². The Morgan fingerprint density at radius 1 is 1.45 bits per heavy atom. The third-order valence-electron chi connectivity index (χ3n) is 4.53. The van der Waals surface area contributed by atoms with E-state index in [-0.39, 0.29) is 30.0 Å². The van der Waals surface area contributed by atoms with Gasteiger partial charge in [0.15, 0.2) is 0 Å². The number of carbonyl (C=O) groups is 2. The van der Waals surface area contributed by atoms with Gasteiger partial charge in [0.25, 0.3) is 0 Å². The second kappa shape index (κ2) is 6.10. The maximum Gasteiger partial charge on any atom is 0.320 e. The molecule has 2 bridgehead atoms. The van der Waals surface area contributed by atoms with E-state index in [0.29, 0.717) is 32.7 Å². The highest BCUT2D eigenvalue weighted by molar-refractivity contribution is 5.72. The largest absolute Gasteiger partial charge is 0.481 e. The van der Waals surface area contributed by atoms with Crippen molar-refractivity contribution in [3.05, 3.63) is 0 Å². The summed E-state index contributed by atoms with van der Waals surface area (Å²) in [6.07, 6.45) is 1.85. The summed E-state index contributed by atoms with van der Waals surface area (Å²) < 4.78 is 10.7. The lowest BCUT2D eigenvalue weighted by molar-refractivity contribution is -0.175. The summed E-state index contributed by atoms with van der Waals surface area (Å²) in [7, 11) is 0. The van der Waals surface area contributed by atoms with Gasteiger partial charge in [-0.2, -0.15) is 0 Å². The highest BCUT2D eigenvalue weighted by Crippen LogP contribution is 2.41. The fourth-order valence-electron chi connectivity index (χ4n) is 3.47. The van der Waals surface area contributed by atoms with Gasteiger partial charge in [-0.25, -0.2) is 0 Å². The van der Waals surface area contributed by atoms with Crippen molar-refractivity contribution in [3.63, 3.8) is 0 Å². The molecule has 0 aliphatic carbocycles. The second-order valence-corrected chi connectivity index (χ2v) is 5.65. The maximum atomic E-state index is 11.8. The summed E-state index contributed by atoms with van der Waals surface area (Å²) in [5, 5.41) is 9.30. The van der Waals surface area contributed by atoms with Crippen LogP contribution in [0.3, 0.4) is 0 Å². The van der Waals surface area contributed by atoms with Gasteiger partial charge in [0.05, 0.1) is 32.3 Å². The lowest BCUT2D eigenvalue weighted by Crippen LogP contribution is -2.66. The molecule has 6 heteroatoms. The molecule has 2 fully saturated rings. The van der Waals surface area contributed by atoms with E-state index in [0.717, 1.165) is 6.42 Å². The number of morpholine rings is 1. The number of carboxylic acids is 1. The fraction of sp³-hybridized carbons (Fsp3) is 0.857. The zero-order valence-electron chi connectivity index (χ0n) is 12.1. The molecule has 6 nitrogen and oxygen atoms in total. The molecule has 1 N–H and O–H groups in total. The molecule has 114 valence electrons. The lowest BCUT2D eigenvalue weighted by atomic mass is 9.74. The average Bonchev–Trinajstić information content (AvgIpc) is 2.38. The van der Waals surface area contributed by atoms with E-state index in [1.54, 1.807) is 6.92 Å². The Kier molecular flexibility index (Phi) is 4.65. The molecule has 3 atom stereocenters. The van der Waals surface area contributed by atoms with Crippen LogP contribution in [0.2, 0.25) is 0 Å². The summed E-state index contributed by atoms with van der Waals surface area (Å²) >= 11 is 0. The molecule has 0 aromatic rings. The number of aliphatic carboxylic acids is 1. The monoisotopic (exact) mass is 285 g/mol. The number of carboxylic acid groups (broad SMARTS) is 1. The van der Waals surface area contributed by atoms with Crippen LogP contribution in [0, 0.1) is 5.92 Å². The van der Waals surface area contributed by atoms with Crippen molar-refractivity contribution in [2.24, 2.45) is 5.92 Å². The predicted octanol–water partition coefficient (Wildman–Crippen LogP) is 0.894. The average molecular weight is 285 g/mol. The van der Waals surface area contributed by atoms with E-state index in [1.807, 2.05) is 6.92 Å². The SMILES string of the molecule is CCOC(=O)CN1C2COCC1(CC)CC(C(=O)O)C2. The standard InChI is InChI=1S/C14H23NO5/c1-3-14-6-10(13(17)18)5-11(8-19-9-14)15(14)7-12(16)20-4-2/h10-11H,3-9H2,1-2H3,(H,17,18). The van der Waals surface area contributed by atoms with E-state index in [2.05, 4.69) is 4.90 Å². The van der Waals surface area contributed by atoms with Crippen LogP contribution in [0.5, 0.6) is 0 Å². The molecule has 2 aliphatic heterocycles. The Morgan fingerprint density at radius 3 is 2.80 bits per heavy atom. The van der Waals surface area contributed by atoms with Gasteiger partial charge in [0.1, 0.15) is 0 Å². The number of ether oxygens (including phenoxy) is 2.